The number of aromatic nitrogens is 4. The minimum Gasteiger partial charge on any atom is -0.358 e. The Hall–Kier alpha value is -2.52. The summed E-state index contributed by atoms with van der Waals surface area (Å²) in [4.78, 5) is 28.4. The van der Waals surface area contributed by atoms with E-state index in [4.69, 9.17) is 14.3 Å². The highest BCUT2D eigenvalue weighted by molar-refractivity contribution is 5.94. The lowest BCUT2D eigenvalue weighted by molar-refractivity contribution is -0.128. The van der Waals surface area contributed by atoms with Crippen molar-refractivity contribution >= 4 is 11.6 Å². The summed E-state index contributed by atoms with van der Waals surface area (Å²) < 4.78 is 65.0. The molecule has 0 N–H and O–H groups in total. The Morgan fingerprint density at radius 2 is 1.90 bits per heavy atom. The van der Waals surface area contributed by atoms with E-state index in [9.17, 15) is 9.59 Å². The van der Waals surface area contributed by atoms with E-state index in [1.54, 1.807) is 18.7 Å². The topological polar surface area (TPSA) is 85.5 Å². The van der Waals surface area contributed by atoms with E-state index in [-0.39, 0.29) is 51.1 Å². The fourth-order valence-corrected chi connectivity index (χ4v) is 3.39. The fourth-order valence-electron chi connectivity index (χ4n) is 3.39. The quantitative estimate of drug-likeness (QED) is 0.612. The zero-order chi connectivity index (χ0) is 27.0. The van der Waals surface area contributed by atoms with Crippen LogP contribution >= 0.6 is 0 Å². The van der Waals surface area contributed by atoms with Crippen LogP contribution in [0.2, 0.25) is 0 Å². The zero-order valence-corrected chi connectivity index (χ0v) is 16.9. The molecule has 1 amide bonds. The number of nitrogens with zero attached hydrogens (tertiary/aromatic N) is 6. The third kappa shape index (κ3) is 4.40. The largest absolute Gasteiger partial charge is 0.363 e. The highest BCUT2D eigenvalue weighted by atomic mass is 16.5. The molecule has 0 atom stereocenters. The Balaban J connectivity index is 1.92. The molecule has 0 bridgehead atoms. The molecule has 2 heterocycles. The monoisotopic (exact) mass is 409 g/mol. The van der Waals surface area contributed by atoms with Crippen LogP contribution < -0.4 is 10.6 Å². The van der Waals surface area contributed by atoms with Crippen LogP contribution in [-0.4, -0.2) is 63.1 Å². The number of anilines is 1. The molecule has 29 heavy (non-hydrogen) atoms. The van der Waals surface area contributed by atoms with E-state index < -0.39 is 54.0 Å². The maximum Gasteiger partial charge on any atom is 0.363 e. The van der Waals surface area contributed by atoms with E-state index in [1.807, 2.05) is 0 Å². The number of likely N-dealkylation sites (tertiary alicyclic amines) is 1. The van der Waals surface area contributed by atoms with Gasteiger partial charge in [-0.2, -0.15) is 9.36 Å². The molecular formula is C20H30N6O3. The van der Waals surface area contributed by atoms with Crippen LogP contribution in [0.1, 0.15) is 42.7 Å². The molecule has 1 aliphatic heterocycles. The lowest BCUT2D eigenvalue weighted by Crippen LogP contribution is -2.59. The summed E-state index contributed by atoms with van der Waals surface area (Å²) in [6.07, 6.45) is 0.351. The minimum atomic E-state index is -2.15. The van der Waals surface area contributed by atoms with Crippen molar-refractivity contribution in [2.24, 2.45) is 0 Å². The molecule has 1 aromatic heterocycles. The standard InChI is InChI=1S/C20H30N6O3/c1-4-18(27)26(17-9-7-6-8-10-17)20(29-3)11-13-23(14-12-20)15-16-25-19(28)24(5-2)21-22-25/h6-10H,4-5,11-16H2,1-3H3/i6D,7D,8D,9D,10D,16D2. The third-order valence-electron chi connectivity index (χ3n) is 5.07. The van der Waals surface area contributed by atoms with E-state index >= 15 is 0 Å². The first kappa shape index (κ1) is 13.7. The number of benzene rings is 1. The summed E-state index contributed by atoms with van der Waals surface area (Å²) in [6.45, 7) is 1.73. The number of hydrogen-bond acceptors (Lipinski definition) is 6. The summed E-state index contributed by atoms with van der Waals surface area (Å²) in [5.41, 5.74) is -2.22. The van der Waals surface area contributed by atoms with Crippen molar-refractivity contribution in [1.82, 2.24) is 24.7 Å². The lowest BCUT2D eigenvalue weighted by Gasteiger charge is -2.47. The summed E-state index contributed by atoms with van der Waals surface area (Å²) in [7, 11) is 1.39. The summed E-state index contributed by atoms with van der Waals surface area (Å²) in [5, 5.41) is 7.33. The van der Waals surface area contributed by atoms with E-state index in [0.29, 0.717) is 4.68 Å². The second kappa shape index (κ2) is 9.32. The molecular weight excluding hydrogens is 372 g/mol. The molecule has 1 aromatic carbocycles. The van der Waals surface area contributed by atoms with E-state index in [2.05, 4.69) is 10.4 Å². The van der Waals surface area contributed by atoms with Gasteiger partial charge in [0.25, 0.3) is 0 Å². The first-order valence-corrected chi connectivity index (χ1v) is 9.56. The number of aryl methyl sites for hydroxylation is 1. The molecule has 0 unspecified atom stereocenters. The summed E-state index contributed by atoms with van der Waals surface area (Å²) in [5.74, 6) is -0.470. The molecule has 0 saturated carbocycles. The highest BCUT2D eigenvalue weighted by Gasteiger charge is 2.43. The van der Waals surface area contributed by atoms with Crippen LogP contribution in [0.4, 0.5) is 5.69 Å². The fraction of sp³-hybridized carbons (Fsp3) is 0.600. The van der Waals surface area contributed by atoms with Crippen molar-refractivity contribution in [2.45, 2.75) is 51.9 Å². The van der Waals surface area contributed by atoms with Gasteiger partial charge in [-0.1, -0.05) is 25.1 Å². The van der Waals surface area contributed by atoms with Crippen molar-refractivity contribution in [2.75, 3.05) is 31.6 Å². The van der Waals surface area contributed by atoms with Crippen molar-refractivity contribution < 1.29 is 19.1 Å². The molecule has 1 saturated heterocycles. The van der Waals surface area contributed by atoms with Crippen molar-refractivity contribution in [3.63, 3.8) is 0 Å². The number of carbonyl (C=O) groups excluding carboxylic acids is 1. The van der Waals surface area contributed by atoms with Crippen molar-refractivity contribution in [3.05, 3.63) is 40.7 Å². The lowest BCUT2D eigenvalue weighted by atomic mass is 9.96. The zero-order valence-electron chi connectivity index (χ0n) is 23.9. The van der Waals surface area contributed by atoms with Crippen molar-refractivity contribution in [3.8, 4) is 0 Å². The molecule has 3 rings (SSSR count). The van der Waals surface area contributed by atoms with Gasteiger partial charge in [-0.25, -0.2) is 4.79 Å². The average Bonchev–Trinajstić information content (AvgIpc) is 3.25. The maximum atomic E-state index is 13.1. The molecule has 0 aliphatic carbocycles. The number of ether oxygens (including phenoxy) is 1. The Kier molecular flexibility index (Phi) is 4.39. The van der Waals surface area contributed by atoms with Gasteiger partial charge in [-0.3, -0.25) is 9.69 Å². The Labute approximate surface area is 180 Å². The molecule has 9 nitrogen and oxygen atoms in total. The molecule has 1 aliphatic rings. The van der Waals surface area contributed by atoms with Gasteiger partial charge >= 0.3 is 5.69 Å². The molecule has 0 radical (unpaired) electrons. The van der Waals surface area contributed by atoms with Crippen LogP contribution in [0.25, 0.3) is 0 Å². The van der Waals surface area contributed by atoms with E-state index in [1.165, 1.54) is 7.11 Å². The smallest absolute Gasteiger partial charge is 0.358 e. The van der Waals surface area contributed by atoms with Gasteiger partial charge in [0.15, 0.2) is 0 Å². The number of tetrazole rings is 1. The molecule has 158 valence electrons. The Morgan fingerprint density at radius 3 is 2.45 bits per heavy atom. The Morgan fingerprint density at radius 1 is 1.24 bits per heavy atom. The van der Waals surface area contributed by atoms with E-state index in [0.717, 1.165) is 9.58 Å². The second-order valence-corrected chi connectivity index (χ2v) is 6.63. The molecule has 2 aromatic rings. The number of hydrogen-bond donors (Lipinski definition) is 0. The average molecular weight is 410 g/mol. The number of carbonyl (C=O) groups is 1. The number of piperidine rings is 1. The number of methoxy groups -OCH3 is 1. The van der Waals surface area contributed by atoms with Gasteiger partial charge in [-0.05, 0) is 29.4 Å². The first-order valence-electron chi connectivity index (χ1n) is 13.1. The third-order valence-corrected chi connectivity index (χ3v) is 5.07. The molecule has 9 heteroatoms. The minimum absolute atomic E-state index is 0.00948. The normalized spacial score (nSPS) is 20.6. The van der Waals surface area contributed by atoms with Crippen LogP contribution in [0.3, 0.4) is 0 Å². The number of para-hydroxylation sites is 1. The van der Waals surface area contributed by atoms with Gasteiger partial charge in [0.05, 0.1) is 16.1 Å². The summed E-state index contributed by atoms with van der Waals surface area (Å²) >= 11 is 0. The second-order valence-electron chi connectivity index (χ2n) is 6.63. The van der Waals surface area contributed by atoms with Gasteiger partial charge in [0.1, 0.15) is 5.72 Å². The molecule has 0 spiro atoms. The maximum absolute atomic E-state index is 13.1. The number of amides is 1. The Bertz CT molecular complexity index is 1160. The highest BCUT2D eigenvalue weighted by Crippen LogP contribution is 2.34. The predicted molar refractivity (Wildman–Crippen MR) is 110 cm³/mol. The number of rotatable bonds is 8. The van der Waals surface area contributed by atoms with Crippen LogP contribution in [0.5, 0.6) is 0 Å². The molecule has 1 fully saturated rings. The van der Waals surface area contributed by atoms with Crippen LogP contribution in [-0.2, 0) is 22.6 Å². The van der Waals surface area contributed by atoms with Gasteiger partial charge in [0.2, 0.25) is 5.91 Å². The van der Waals surface area contributed by atoms with Crippen LogP contribution in [0, 0.1) is 0 Å². The first-order chi connectivity index (χ1) is 16.8. The SMILES string of the molecule is [2H]c1c([2H])c([2H])c(N(C(=O)CC)C2(OC)CCN(CC([2H])([2H])n3nnn(CC)c3=O)CC2)c([2H])c1[2H]. The van der Waals surface area contributed by atoms with Crippen molar-refractivity contribution in [1.29, 1.82) is 0 Å². The predicted octanol–water partition coefficient (Wildman–Crippen LogP) is 1.34. The van der Waals surface area contributed by atoms with Gasteiger partial charge in [0, 0.05) is 58.2 Å². The van der Waals surface area contributed by atoms with Crippen LogP contribution in [0.15, 0.2) is 35.0 Å². The van der Waals surface area contributed by atoms with Gasteiger partial charge < -0.3 is 9.64 Å². The summed E-state index contributed by atoms with van der Waals surface area (Å²) in [6, 6.07) is -2.67. The van der Waals surface area contributed by atoms with Gasteiger partial charge in [-0.15, -0.1) is 0 Å².